The third kappa shape index (κ3) is 1.66. The van der Waals surface area contributed by atoms with Crippen LogP contribution in [-0.2, 0) is 5.60 Å². The van der Waals surface area contributed by atoms with Gasteiger partial charge in [0.1, 0.15) is 11.4 Å². The summed E-state index contributed by atoms with van der Waals surface area (Å²) in [6.07, 6.45) is 3.84. The Bertz CT molecular complexity index is 469. The van der Waals surface area contributed by atoms with Crippen molar-refractivity contribution in [3.05, 3.63) is 23.7 Å². The lowest BCUT2D eigenvalue weighted by Crippen LogP contribution is -2.45. The Balaban J connectivity index is 1.91. The first-order valence-corrected chi connectivity index (χ1v) is 6.41. The molecular formula is C13H17NO4. The van der Waals surface area contributed by atoms with Crippen LogP contribution in [0.3, 0.4) is 0 Å². The van der Waals surface area contributed by atoms with Crippen molar-refractivity contribution in [2.24, 2.45) is 0 Å². The number of aromatic carboxylic acids is 1. The second-order valence-corrected chi connectivity index (χ2v) is 5.19. The Morgan fingerprint density at radius 1 is 1.39 bits per heavy atom. The van der Waals surface area contributed by atoms with Gasteiger partial charge in [0.15, 0.2) is 0 Å². The zero-order chi connectivity index (χ0) is 12.8. The van der Waals surface area contributed by atoms with E-state index in [4.69, 9.17) is 9.52 Å². The van der Waals surface area contributed by atoms with E-state index < -0.39 is 11.6 Å². The first kappa shape index (κ1) is 11.7. The smallest absolute Gasteiger partial charge is 0.371 e. The number of carbonyl (C=O) groups is 1. The van der Waals surface area contributed by atoms with Crippen molar-refractivity contribution in [1.82, 2.24) is 4.90 Å². The van der Waals surface area contributed by atoms with Crippen LogP contribution in [0.2, 0.25) is 0 Å². The highest BCUT2D eigenvalue weighted by Gasteiger charge is 2.49. The van der Waals surface area contributed by atoms with Crippen molar-refractivity contribution in [2.45, 2.75) is 37.3 Å². The quantitative estimate of drug-likeness (QED) is 0.831. The van der Waals surface area contributed by atoms with Crippen molar-refractivity contribution >= 4 is 5.97 Å². The predicted octanol–water partition coefficient (Wildman–Crippen LogP) is 1.42. The molecule has 2 aliphatic heterocycles. The van der Waals surface area contributed by atoms with E-state index in [0.29, 0.717) is 12.2 Å². The number of hydrogen-bond donors (Lipinski definition) is 2. The van der Waals surface area contributed by atoms with Crippen LogP contribution >= 0.6 is 0 Å². The van der Waals surface area contributed by atoms with Gasteiger partial charge in [0.2, 0.25) is 5.76 Å². The number of fused-ring (bicyclic) bond motifs is 1. The number of furan rings is 1. The summed E-state index contributed by atoms with van der Waals surface area (Å²) >= 11 is 0. The average Bonchev–Trinajstić information content (AvgIpc) is 2.96. The molecule has 2 atom stereocenters. The number of aliphatic hydroxyl groups is 1. The standard InChI is InChI=1S/C13H17NO4/c15-12(16)9-4-5-11(18-9)13(17)6-8-14-7-2-1-3-10(13)14/h4-5,10,17H,1-3,6-8H2,(H,15,16). The summed E-state index contributed by atoms with van der Waals surface area (Å²) in [5.41, 5.74) is -1.02. The van der Waals surface area contributed by atoms with Gasteiger partial charge >= 0.3 is 5.97 Å². The zero-order valence-electron chi connectivity index (χ0n) is 10.1. The van der Waals surface area contributed by atoms with Crippen molar-refractivity contribution in [3.8, 4) is 0 Å². The lowest BCUT2D eigenvalue weighted by molar-refractivity contribution is -0.0311. The Morgan fingerprint density at radius 3 is 2.94 bits per heavy atom. The van der Waals surface area contributed by atoms with E-state index in [0.717, 1.165) is 25.9 Å². The fourth-order valence-electron chi connectivity index (χ4n) is 3.25. The summed E-state index contributed by atoms with van der Waals surface area (Å²) in [7, 11) is 0. The molecule has 2 fully saturated rings. The molecule has 3 heterocycles. The second-order valence-electron chi connectivity index (χ2n) is 5.19. The van der Waals surface area contributed by atoms with Gasteiger partial charge in [0.05, 0.1) is 0 Å². The molecule has 0 spiro atoms. The molecule has 0 aliphatic carbocycles. The summed E-state index contributed by atoms with van der Waals surface area (Å²) in [5, 5.41) is 19.7. The Labute approximate surface area is 105 Å². The van der Waals surface area contributed by atoms with Gasteiger partial charge in [0.25, 0.3) is 0 Å². The molecule has 0 radical (unpaired) electrons. The molecule has 1 aromatic heterocycles. The largest absolute Gasteiger partial charge is 0.475 e. The third-order valence-electron chi connectivity index (χ3n) is 4.19. The second kappa shape index (κ2) is 4.10. The van der Waals surface area contributed by atoms with Crippen LogP contribution in [0.15, 0.2) is 16.5 Å². The summed E-state index contributed by atoms with van der Waals surface area (Å²) in [6.45, 7) is 1.86. The number of rotatable bonds is 2. The fraction of sp³-hybridized carbons (Fsp3) is 0.615. The van der Waals surface area contributed by atoms with Gasteiger partial charge in [0, 0.05) is 12.6 Å². The lowest BCUT2D eigenvalue weighted by atomic mass is 9.87. The maximum Gasteiger partial charge on any atom is 0.371 e. The van der Waals surface area contributed by atoms with Crippen LogP contribution in [0.4, 0.5) is 0 Å². The Hall–Kier alpha value is -1.33. The van der Waals surface area contributed by atoms with E-state index >= 15 is 0 Å². The first-order valence-electron chi connectivity index (χ1n) is 6.41. The lowest BCUT2D eigenvalue weighted by Gasteiger charge is -2.36. The molecule has 18 heavy (non-hydrogen) atoms. The fourth-order valence-corrected chi connectivity index (χ4v) is 3.25. The molecule has 0 aromatic carbocycles. The monoisotopic (exact) mass is 251 g/mol. The molecule has 2 N–H and O–H groups in total. The van der Waals surface area contributed by atoms with E-state index in [2.05, 4.69) is 4.90 Å². The van der Waals surface area contributed by atoms with Gasteiger partial charge < -0.3 is 14.6 Å². The van der Waals surface area contributed by atoms with Crippen molar-refractivity contribution < 1.29 is 19.4 Å². The molecule has 0 bridgehead atoms. The van der Waals surface area contributed by atoms with Crippen LogP contribution in [0.25, 0.3) is 0 Å². The van der Waals surface area contributed by atoms with Gasteiger partial charge in [-0.15, -0.1) is 0 Å². The number of carboxylic acids is 1. The van der Waals surface area contributed by atoms with Crippen molar-refractivity contribution in [2.75, 3.05) is 13.1 Å². The van der Waals surface area contributed by atoms with Crippen LogP contribution in [0, 0.1) is 0 Å². The number of hydrogen-bond acceptors (Lipinski definition) is 4. The van der Waals surface area contributed by atoms with Crippen LogP contribution < -0.4 is 0 Å². The minimum absolute atomic E-state index is 0.0686. The summed E-state index contributed by atoms with van der Waals surface area (Å²) in [4.78, 5) is 13.1. The highest BCUT2D eigenvalue weighted by molar-refractivity contribution is 5.84. The van der Waals surface area contributed by atoms with E-state index in [1.807, 2.05) is 0 Å². The first-order chi connectivity index (χ1) is 8.61. The van der Waals surface area contributed by atoms with Crippen LogP contribution in [0.1, 0.15) is 42.0 Å². The molecule has 2 unspecified atom stereocenters. The Morgan fingerprint density at radius 2 is 2.22 bits per heavy atom. The number of piperidine rings is 1. The van der Waals surface area contributed by atoms with Crippen molar-refractivity contribution in [3.63, 3.8) is 0 Å². The maximum absolute atomic E-state index is 10.8. The van der Waals surface area contributed by atoms with Gasteiger partial charge in [-0.3, -0.25) is 4.90 Å². The molecule has 1 aromatic rings. The minimum Gasteiger partial charge on any atom is -0.475 e. The van der Waals surface area contributed by atoms with Gasteiger partial charge in [-0.2, -0.15) is 0 Å². The molecule has 3 rings (SSSR count). The Kier molecular flexibility index (Phi) is 2.68. The van der Waals surface area contributed by atoms with Crippen LogP contribution in [-0.4, -0.2) is 40.2 Å². The molecule has 98 valence electrons. The molecule has 0 amide bonds. The molecule has 2 aliphatic rings. The summed E-state index contributed by atoms with van der Waals surface area (Å²) in [6, 6.07) is 3.09. The normalized spacial score (nSPS) is 32.4. The maximum atomic E-state index is 10.8. The van der Waals surface area contributed by atoms with Crippen molar-refractivity contribution in [1.29, 1.82) is 0 Å². The van der Waals surface area contributed by atoms with E-state index in [1.54, 1.807) is 6.07 Å². The summed E-state index contributed by atoms with van der Waals surface area (Å²) < 4.78 is 5.30. The van der Waals surface area contributed by atoms with Gasteiger partial charge in [-0.05, 0) is 37.9 Å². The zero-order valence-corrected chi connectivity index (χ0v) is 10.1. The molecule has 2 saturated heterocycles. The third-order valence-corrected chi connectivity index (χ3v) is 4.19. The number of nitrogens with zero attached hydrogens (tertiary/aromatic N) is 1. The number of carboxylic acid groups (broad SMARTS) is 1. The highest BCUT2D eigenvalue weighted by atomic mass is 16.4. The summed E-state index contributed by atoms with van der Waals surface area (Å²) in [5.74, 6) is -0.801. The van der Waals surface area contributed by atoms with Crippen LogP contribution in [0.5, 0.6) is 0 Å². The highest BCUT2D eigenvalue weighted by Crippen LogP contribution is 2.42. The van der Waals surface area contributed by atoms with Gasteiger partial charge in [-0.25, -0.2) is 4.79 Å². The predicted molar refractivity (Wildman–Crippen MR) is 63.4 cm³/mol. The topological polar surface area (TPSA) is 73.9 Å². The van der Waals surface area contributed by atoms with Gasteiger partial charge in [-0.1, -0.05) is 6.42 Å². The SMILES string of the molecule is O=C(O)c1ccc(C2(O)CCN3CCCCC32)o1. The molecule has 5 heteroatoms. The van der Waals surface area contributed by atoms with E-state index in [1.165, 1.54) is 12.5 Å². The van der Waals surface area contributed by atoms with E-state index in [9.17, 15) is 9.90 Å². The molecule has 5 nitrogen and oxygen atoms in total. The molecule has 0 saturated carbocycles. The van der Waals surface area contributed by atoms with E-state index in [-0.39, 0.29) is 11.8 Å². The minimum atomic E-state index is -1.09. The average molecular weight is 251 g/mol. The molecular weight excluding hydrogens is 234 g/mol.